The summed E-state index contributed by atoms with van der Waals surface area (Å²) in [7, 11) is 0. The Bertz CT molecular complexity index is 835. The van der Waals surface area contributed by atoms with Gasteiger partial charge in [0.2, 0.25) is 0 Å². The Morgan fingerprint density at radius 3 is 2.68 bits per heavy atom. The molecule has 0 saturated heterocycles. The molecular formula is C18H16N2O2. The Hall–Kier alpha value is -2.88. The number of allylic oxidation sites excluding steroid dienone is 1. The molecule has 0 saturated carbocycles. The predicted octanol–water partition coefficient (Wildman–Crippen LogP) is 4.89. The normalized spacial score (nSPS) is 12.8. The van der Waals surface area contributed by atoms with Crippen molar-refractivity contribution in [2.45, 2.75) is 12.8 Å². The summed E-state index contributed by atoms with van der Waals surface area (Å²) >= 11 is 0. The molecule has 4 heteroatoms. The Balaban J connectivity index is 1.90. The molecule has 0 aliphatic rings. The molecule has 110 valence electrons. The van der Waals surface area contributed by atoms with Crippen LogP contribution in [0.3, 0.4) is 0 Å². The van der Waals surface area contributed by atoms with Gasteiger partial charge in [-0.25, -0.2) is 0 Å². The van der Waals surface area contributed by atoms with Crippen LogP contribution < -0.4 is 0 Å². The van der Waals surface area contributed by atoms with Gasteiger partial charge in [-0.2, -0.15) is 0 Å². The van der Waals surface area contributed by atoms with Crippen molar-refractivity contribution in [3.8, 4) is 0 Å². The first-order valence-corrected chi connectivity index (χ1v) is 7.14. The summed E-state index contributed by atoms with van der Waals surface area (Å²) in [6.07, 6.45) is 6.16. The smallest absolute Gasteiger partial charge is 0.271 e. The number of nitro groups is 1. The monoisotopic (exact) mass is 292 g/mol. The summed E-state index contributed by atoms with van der Waals surface area (Å²) in [6, 6.07) is 15.1. The molecule has 1 unspecified atom stereocenters. The summed E-state index contributed by atoms with van der Waals surface area (Å²) in [5, 5.41) is 11.8. The van der Waals surface area contributed by atoms with Crippen molar-refractivity contribution in [2.24, 2.45) is 0 Å². The van der Waals surface area contributed by atoms with E-state index in [1.165, 1.54) is 0 Å². The highest BCUT2D eigenvalue weighted by atomic mass is 16.6. The van der Waals surface area contributed by atoms with Gasteiger partial charge in [0.15, 0.2) is 0 Å². The maximum atomic E-state index is 10.8. The molecule has 1 atom stereocenters. The second-order valence-electron chi connectivity index (χ2n) is 5.29. The van der Waals surface area contributed by atoms with Gasteiger partial charge in [-0.05, 0) is 17.2 Å². The van der Waals surface area contributed by atoms with Gasteiger partial charge in [0.1, 0.15) is 0 Å². The van der Waals surface area contributed by atoms with Crippen LogP contribution in [-0.2, 0) is 0 Å². The molecule has 0 spiro atoms. The summed E-state index contributed by atoms with van der Waals surface area (Å²) in [4.78, 5) is 13.6. The third-order valence-electron chi connectivity index (χ3n) is 3.78. The van der Waals surface area contributed by atoms with Crippen LogP contribution in [0, 0.1) is 10.1 Å². The van der Waals surface area contributed by atoms with Crippen molar-refractivity contribution in [1.29, 1.82) is 0 Å². The van der Waals surface area contributed by atoms with Gasteiger partial charge >= 0.3 is 0 Å². The molecule has 22 heavy (non-hydrogen) atoms. The first kappa shape index (κ1) is 14.1. The lowest BCUT2D eigenvalue weighted by Gasteiger charge is -2.05. The van der Waals surface area contributed by atoms with Crippen molar-refractivity contribution in [1.82, 2.24) is 4.98 Å². The summed E-state index contributed by atoms with van der Waals surface area (Å²) in [5.41, 5.74) is 3.19. The molecule has 4 nitrogen and oxygen atoms in total. The average Bonchev–Trinajstić information content (AvgIpc) is 2.96. The van der Waals surface area contributed by atoms with Crippen LogP contribution in [0.4, 0.5) is 5.69 Å². The van der Waals surface area contributed by atoms with Gasteiger partial charge in [0.05, 0.1) is 10.4 Å². The summed E-state index contributed by atoms with van der Waals surface area (Å²) in [6.45, 7) is 2.11. The quantitative estimate of drug-likeness (QED) is 0.549. The number of nitrogens with zero attached hydrogens (tertiary/aromatic N) is 1. The van der Waals surface area contributed by atoms with Crippen LogP contribution in [0.1, 0.15) is 24.0 Å². The first-order chi connectivity index (χ1) is 10.6. The third-order valence-corrected chi connectivity index (χ3v) is 3.78. The van der Waals surface area contributed by atoms with E-state index < -0.39 is 0 Å². The molecule has 3 rings (SSSR count). The van der Waals surface area contributed by atoms with Crippen molar-refractivity contribution >= 4 is 22.7 Å². The number of benzene rings is 2. The lowest BCUT2D eigenvalue weighted by Crippen LogP contribution is -1.89. The first-order valence-electron chi connectivity index (χ1n) is 7.14. The minimum absolute atomic E-state index is 0.105. The number of non-ortho nitro benzene ring substituents is 1. The highest BCUT2D eigenvalue weighted by molar-refractivity contribution is 5.86. The topological polar surface area (TPSA) is 58.9 Å². The van der Waals surface area contributed by atoms with Crippen LogP contribution in [0.15, 0.2) is 60.8 Å². The third kappa shape index (κ3) is 2.76. The van der Waals surface area contributed by atoms with E-state index in [2.05, 4.69) is 36.2 Å². The molecule has 0 aliphatic heterocycles. The maximum Gasteiger partial charge on any atom is 0.271 e. The van der Waals surface area contributed by atoms with Gasteiger partial charge in [0, 0.05) is 29.6 Å². The van der Waals surface area contributed by atoms with E-state index in [1.54, 1.807) is 12.1 Å². The molecule has 0 radical (unpaired) electrons. The van der Waals surface area contributed by atoms with E-state index in [-0.39, 0.29) is 16.5 Å². The fraction of sp³-hybridized carbons (Fsp3) is 0.111. The number of H-pyrrole nitrogens is 1. The predicted molar refractivity (Wildman–Crippen MR) is 88.8 cm³/mol. The zero-order valence-electron chi connectivity index (χ0n) is 12.2. The second-order valence-corrected chi connectivity index (χ2v) is 5.29. The minimum atomic E-state index is -0.376. The van der Waals surface area contributed by atoms with E-state index >= 15 is 0 Å². The largest absolute Gasteiger partial charge is 0.361 e. The summed E-state index contributed by atoms with van der Waals surface area (Å²) < 4.78 is 0. The average molecular weight is 292 g/mol. The van der Waals surface area contributed by atoms with E-state index in [0.29, 0.717) is 0 Å². The maximum absolute atomic E-state index is 10.8. The SMILES string of the molecule is CC(/C=C/c1ccccc1)c1c[nH]c2cc([N+](=O)[O-])ccc12. The van der Waals surface area contributed by atoms with E-state index in [4.69, 9.17) is 0 Å². The van der Waals surface area contributed by atoms with Crippen LogP contribution in [0.25, 0.3) is 17.0 Å². The van der Waals surface area contributed by atoms with Crippen LogP contribution in [0.2, 0.25) is 0 Å². The zero-order valence-corrected chi connectivity index (χ0v) is 12.2. The van der Waals surface area contributed by atoms with Crippen LogP contribution >= 0.6 is 0 Å². The van der Waals surface area contributed by atoms with E-state index in [9.17, 15) is 10.1 Å². The molecule has 0 fully saturated rings. The molecule has 0 bridgehead atoms. The highest BCUT2D eigenvalue weighted by Gasteiger charge is 2.12. The molecule has 3 aromatic rings. The number of hydrogen-bond donors (Lipinski definition) is 1. The van der Waals surface area contributed by atoms with Crippen molar-refractivity contribution in [2.75, 3.05) is 0 Å². The molecular weight excluding hydrogens is 276 g/mol. The molecule has 1 aromatic heterocycles. The van der Waals surface area contributed by atoms with Crippen molar-refractivity contribution < 1.29 is 4.92 Å². The van der Waals surface area contributed by atoms with E-state index in [1.807, 2.05) is 30.5 Å². The standard InChI is InChI=1S/C18H16N2O2/c1-13(7-8-14-5-3-2-4-6-14)17-12-19-18-11-15(20(21)22)9-10-16(17)18/h2-13,19H,1H3/b8-7+. The number of fused-ring (bicyclic) bond motifs is 1. The van der Waals surface area contributed by atoms with Gasteiger partial charge in [-0.15, -0.1) is 0 Å². The van der Waals surface area contributed by atoms with Crippen LogP contribution in [0.5, 0.6) is 0 Å². The van der Waals surface area contributed by atoms with Gasteiger partial charge in [-0.3, -0.25) is 10.1 Å². The lowest BCUT2D eigenvalue weighted by atomic mass is 9.99. The molecule has 0 amide bonds. The Labute approximate surface area is 128 Å². The van der Waals surface area contributed by atoms with Crippen molar-refractivity contribution in [3.63, 3.8) is 0 Å². The Kier molecular flexibility index (Phi) is 3.74. The minimum Gasteiger partial charge on any atom is -0.361 e. The van der Waals surface area contributed by atoms with Gasteiger partial charge in [-0.1, -0.05) is 49.4 Å². The fourth-order valence-electron chi connectivity index (χ4n) is 2.55. The number of hydrogen-bond acceptors (Lipinski definition) is 2. The Morgan fingerprint density at radius 1 is 1.18 bits per heavy atom. The number of nitro benzene ring substituents is 1. The summed E-state index contributed by atoms with van der Waals surface area (Å²) in [5.74, 6) is 0.218. The Morgan fingerprint density at radius 2 is 1.95 bits per heavy atom. The number of aromatic nitrogens is 1. The van der Waals surface area contributed by atoms with Gasteiger partial charge < -0.3 is 4.98 Å². The molecule has 2 aromatic carbocycles. The zero-order chi connectivity index (χ0) is 15.5. The highest BCUT2D eigenvalue weighted by Crippen LogP contribution is 2.29. The number of nitrogens with one attached hydrogen (secondary N) is 1. The molecule has 1 heterocycles. The lowest BCUT2D eigenvalue weighted by molar-refractivity contribution is -0.384. The van der Waals surface area contributed by atoms with Gasteiger partial charge in [0.25, 0.3) is 5.69 Å². The second kappa shape index (κ2) is 5.85. The van der Waals surface area contributed by atoms with Crippen molar-refractivity contribution in [3.05, 3.63) is 82.0 Å². The number of rotatable bonds is 4. The molecule has 0 aliphatic carbocycles. The molecule has 1 N–H and O–H groups in total. The number of aromatic amines is 1. The van der Waals surface area contributed by atoms with E-state index in [0.717, 1.165) is 22.0 Å². The fourth-order valence-corrected chi connectivity index (χ4v) is 2.55. The van der Waals surface area contributed by atoms with Crippen LogP contribution in [-0.4, -0.2) is 9.91 Å².